The number of hydrogen-bond donors (Lipinski definition) is 1. The summed E-state index contributed by atoms with van der Waals surface area (Å²) >= 11 is 0. The fourth-order valence-corrected chi connectivity index (χ4v) is 3.82. The summed E-state index contributed by atoms with van der Waals surface area (Å²) in [5.74, 6) is -0.168. The molecule has 1 heterocycles. The van der Waals surface area contributed by atoms with Crippen LogP contribution in [-0.4, -0.2) is 59.0 Å². The molecule has 0 atom stereocenters. The van der Waals surface area contributed by atoms with Gasteiger partial charge in [-0.15, -0.1) is 0 Å². The zero-order valence-electron chi connectivity index (χ0n) is 16.1. The monoisotopic (exact) mass is 403 g/mol. The summed E-state index contributed by atoms with van der Waals surface area (Å²) in [6.45, 7) is 3.47. The van der Waals surface area contributed by atoms with Crippen LogP contribution in [0.15, 0.2) is 53.4 Å². The van der Waals surface area contributed by atoms with Crippen molar-refractivity contribution in [3.8, 4) is 0 Å². The molecule has 1 aliphatic heterocycles. The number of ether oxygens (including phenoxy) is 1. The minimum absolute atomic E-state index is 0.168. The van der Waals surface area contributed by atoms with E-state index < -0.39 is 10.0 Å². The largest absolute Gasteiger partial charge is 0.378 e. The van der Waals surface area contributed by atoms with Gasteiger partial charge in [-0.1, -0.05) is 12.1 Å². The molecule has 0 unspecified atom stereocenters. The maximum atomic E-state index is 12.4. The number of amides is 1. The van der Waals surface area contributed by atoms with E-state index in [-0.39, 0.29) is 10.8 Å². The molecule has 150 valence electrons. The molecule has 1 fully saturated rings. The van der Waals surface area contributed by atoms with Crippen molar-refractivity contribution < 1.29 is 17.9 Å². The molecule has 1 N–H and O–H groups in total. The molecule has 0 spiro atoms. The normalized spacial score (nSPS) is 14.9. The second-order valence-corrected chi connectivity index (χ2v) is 8.91. The van der Waals surface area contributed by atoms with Gasteiger partial charge in [-0.25, -0.2) is 12.7 Å². The van der Waals surface area contributed by atoms with E-state index in [1.54, 1.807) is 24.3 Å². The molecule has 0 aliphatic carbocycles. The number of benzene rings is 2. The average Bonchev–Trinajstić information content (AvgIpc) is 2.73. The lowest BCUT2D eigenvalue weighted by molar-refractivity contribution is 0.0951. The summed E-state index contributed by atoms with van der Waals surface area (Å²) in [4.78, 5) is 14.8. The quantitative estimate of drug-likeness (QED) is 0.794. The Hall–Kier alpha value is -2.42. The van der Waals surface area contributed by atoms with Crippen molar-refractivity contribution in [2.24, 2.45) is 0 Å². The van der Waals surface area contributed by atoms with Gasteiger partial charge >= 0.3 is 0 Å². The van der Waals surface area contributed by atoms with Gasteiger partial charge in [0.1, 0.15) is 0 Å². The molecule has 0 aromatic heterocycles. The lowest BCUT2D eigenvalue weighted by atomic mass is 10.1. The molecule has 1 saturated heterocycles. The molecular formula is C20H25N3O4S. The van der Waals surface area contributed by atoms with Crippen LogP contribution in [0.1, 0.15) is 15.9 Å². The number of morpholine rings is 1. The molecule has 0 saturated carbocycles. The highest BCUT2D eigenvalue weighted by atomic mass is 32.2. The van der Waals surface area contributed by atoms with Crippen LogP contribution in [0.3, 0.4) is 0 Å². The second kappa shape index (κ2) is 8.72. The van der Waals surface area contributed by atoms with Crippen molar-refractivity contribution >= 4 is 21.6 Å². The smallest absolute Gasteiger partial charge is 0.251 e. The molecule has 7 nitrogen and oxygen atoms in total. The molecule has 0 bridgehead atoms. The van der Waals surface area contributed by atoms with Gasteiger partial charge in [0, 0.05) is 45.0 Å². The third kappa shape index (κ3) is 4.70. The van der Waals surface area contributed by atoms with Gasteiger partial charge in [0.25, 0.3) is 5.91 Å². The Morgan fingerprint density at radius 1 is 1.04 bits per heavy atom. The van der Waals surface area contributed by atoms with Crippen LogP contribution < -0.4 is 10.2 Å². The first-order valence-corrected chi connectivity index (χ1v) is 10.5. The first-order chi connectivity index (χ1) is 13.4. The van der Waals surface area contributed by atoms with Crippen molar-refractivity contribution in [3.63, 3.8) is 0 Å². The summed E-state index contributed by atoms with van der Waals surface area (Å²) in [5.41, 5.74) is 2.50. The number of nitrogens with one attached hydrogen (secondary N) is 1. The SMILES string of the molecule is CN(C)S(=O)(=O)c1ccc(CNC(=O)c2ccc(N3CCOCC3)cc2)cc1. The third-order valence-electron chi connectivity index (χ3n) is 4.66. The van der Waals surface area contributed by atoms with Crippen molar-refractivity contribution in [2.75, 3.05) is 45.3 Å². The van der Waals surface area contributed by atoms with Crippen LogP contribution in [0.2, 0.25) is 0 Å². The summed E-state index contributed by atoms with van der Waals surface area (Å²) in [6.07, 6.45) is 0. The highest BCUT2D eigenvalue weighted by Crippen LogP contribution is 2.17. The van der Waals surface area contributed by atoms with E-state index in [0.717, 1.165) is 37.6 Å². The summed E-state index contributed by atoms with van der Waals surface area (Å²) in [5, 5.41) is 2.86. The maximum absolute atomic E-state index is 12.4. The molecule has 2 aromatic rings. The Balaban J connectivity index is 1.58. The first kappa shape index (κ1) is 20.3. The average molecular weight is 404 g/mol. The van der Waals surface area contributed by atoms with Gasteiger partial charge in [0.2, 0.25) is 10.0 Å². The van der Waals surface area contributed by atoms with Crippen molar-refractivity contribution in [1.29, 1.82) is 0 Å². The van der Waals surface area contributed by atoms with Crippen LogP contribution in [0.25, 0.3) is 0 Å². The molecule has 1 amide bonds. The van der Waals surface area contributed by atoms with Crippen LogP contribution in [0, 0.1) is 0 Å². The van der Waals surface area contributed by atoms with Crippen LogP contribution in [0.5, 0.6) is 0 Å². The predicted octanol–water partition coefficient (Wildman–Crippen LogP) is 1.70. The first-order valence-electron chi connectivity index (χ1n) is 9.10. The van der Waals surface area contributed by atoms with Crippen molar-refractivity contribution in [3.05, 3.63) is 59.7 Å². The molecule has 1 aliphatic rings. The molecule has 28 heavy (non-hydrogen) atoms. The molecule has 2 aromatic carbocycles. The molecule has 0 radical (unpaired) electrons. The zero-order valence-corrected chi connectivity index (χ0v) is 16.9. The number of sulfonamides is 1. The number of nitrogens with zero attached hydrogens (tertiary/aromatic N) is 2. The topological polar surface area (TPSA) is 79.0 Å². The Labute approximate surface area is 166 Å². The fraction of sp³-hybridized carbons (Fsp3) is 0.350. The summed E-state index contributed by atoms with van der Waals surface area (Å²) in [6, 6.07) is 14.0. The van der Waals surface area contributed by atoms with Crippen molar-refractivity contribution in [2.45, 2.75) is 11.4 Å². The second-order valence-electron chi connectivity index (χ2n) is 6.76. The lowest BCUT2D eigenvalue weighted by Gasteiger charge is -2.28. The van der Waals surface area contributed by atoms with E-state index >= 15 is 0 Å². The highest BCUT2D eigenvalue weighted by molar-refractivity contribution is 7.89. The van der Waals surface area contributed by atoms with Gasteiger partial charge in [-0.2, -0.15) is 0 Å². The number of anilines is 1. The van der Waals surface area contributed by atoms with Crippen LogP contribution in [0.4, 0.5) is 5.69 Å². The maximum Gasteiger partial charge on any atom is 0.251 e. The Kier molecular flexibility index (Phi) is 6.33. The van der Waals surface area contributed by atoms with Gasteiger partial charge < -0.3 is 15.0 Å². The Bertz CT molecular complexity index is 903. The third-order valence-corrected chi connectivity index (χ3v) is 6.49. The standard InChI is InChI=1S/C20H25N3O4S/c1-22(2)28(25,26)19-9-3-16(4-10-19)15-21-20(24)17-5-7-18(8-6-17)23-11-13-27-14-12-23/h3-10H,11-15H2,1-2H3,(H,21,24). The van der Waals surface area contributed by atoms with Crippen LogP contribution >= 0.6 is 0 Å². The van der Waals surface area contributed by atoms with Gasteiger partial charge in [-0.05, 0) is 42.0 Å². The molecule has 3 rings (SSSR count). The van der Waals surface area contributed by atoms with E-state index in [0.29, 0.717) is 12.1 Å². The number of hydrogen-bond acceptors (Lipinski definition) is 5. The number of rotatable bonds is 6. The van der Waals surface area contributed by atoms with Gasteiger partial charge in [0.05, 0.1) is 18.1 Å². The molecular weight excluding hydrogens is 378 g/mol. The van der Waals surface area contributed by atoms with Crippen LogP contribution in [-0.2, 0) is 21.3 Å². The van der Waals surface area contributed by atoms with E-state index in [1.165, 1.54) is 18.4 Å². The van der Waals surface area contributed by atoms with Gasteiger partial charge in [0.15, 0.2) is 0 Å². The Morgan fingerprint density at radius 2 is 1.64 bits per heavy atom. The fourth-order valence-electron chi connectivity index (χ4n) is 2.92. The Morgan fingerprint density at radius 3 is 2.21 bits per heavy atom. The predicted molar refractivity (Wildman–Crippen MR) is 108 cm³/mol. The number of carbonyl (C=O) groups excluding carboxylic acids is 1. The minimum Gasteiger partial charge on any atom is -0.378 e. The highest BCUT2D eigenvalue weighted by Gasteiger charge is 2.16. The van der Waals surface area contributed by atoms with Crippen molar-refractivity contribution in [1.82, 2.24) is 9.62 Å². The summed E-state index contributed by atoms with van der Waals surface area (Å²) in [7, 11) is -0.460. The van der Waals surface area contributed by atoms with E-state index in [2.05, 4.69) is 10.2 Å². The van der Waals surface area contributed by atoms with E-state index in [9.17, 15) is 13.2 Å². The molecule has 8 heteroatoms. The van der Waals surface area contributed by atoms with Gasteiger partial charge in [-0.3, -0.25) is 4.79 Å². The lowest BCUT2D eigenvalue weighted by Crippen LogP contribution is -2.36. The number of carbonyl (C=O) groups is 1. The zero-order chi connectivity index (χ0) is 20.1. The summed E-state index contributed by atoms with van der Waals surface area (Å²) < 4.78 is 30.7. The van der Waals surface area contributed by atoms with E-state index in [1.807, 2.05) is 24.3 Å². The van der Waals surface area contributed by atoms with E-state index in [4.69, 9.17) is 4.74 Å². The minimum atomic E-state index is -3.45.